The maximum atomic E-state index is 12.8. The number of hydrogen-bond donors (Lipinski definition) is 3. The van der Waals surface area contributed by atoms with Crippen LogP contribution < -0.4 is 10.6 Å². The monoisotopic (exact) mass is 482 g/mol. The summed E-state index contributed by atoms with van der Waals surface area (Å²) in [5, 5.41) is 15.4. The maximum Gasteiger partial charge on any atom is 0.326 e. The number of ether oxygens (including phenoxy) is 1. The number of carbonyl (C=O) groups excluding carboxylic acids is 2. The van der Waals surface area contributed by atoms with Gasteiger partial charge in [-0.3, -0.25) is 14.9 Å². The summed E-state index contributed by atoms with van der Waals surface area (Å²) in [6.45, 7) is 5.65. The van der Waals surface area contributed by atoms with Gasteiger partial charge in [-0.15, -0.1) is 23.5 Å². The Labute approximate surface area is 198 Å². The fourth-order valence-electron chi connectivity index (χ4n) is 3.51. The molecule has 1 aliphatic rings. The van der Waals surface area contributed by atoms with Gasteiger partial charge in [0.05, 0.1) is 16.7 Å². The zero-order chi connectivity index (χ0) is 23.6. The van der Waals surface area contributed by atoms with E-state index in [4.69, 9.17) is 4.74 Å². The molecule has 9 heteroatoms. The third-order valence-corrected chi connectivity index (χ3v) is 8.52. The Hall–Kier alpha value is -1.71. The number of aryl methyl sites for hydroxylation is 1. The molecule has 1 amide bonds. The van der Waals surface area contributed by atoms with Crippen LogP contribution in [0.25, 0.3) is 0 Å². The first-order chi connectivity index (χ1) is 15.2. The predicted molar refractivity (Wildman–Crippen MR) is 130 cm³/mol. The maximum absolute atomic E-state index is 12.8. The molecule has 1 aromatic rings. The molecule has 1 aromatic carbocycles. The molecule has 0 bridgehead atoms. The zero-order valence-corrected chi connectivity index (χ0v) is 20.6. The van der Waals surface area contributed by atoms with Gasteiger partial charge in [-0.2, -0.15) is 0 Å². The van der Waals surface area contributed by atoms with Crippen molar-refractivity contribution in [3.05, 3.63) is 35.9 Å². The van der Waals surface area contributed by atoms with Crippen LogP contribution in [-0.4, -0.2) is 63.3 Å². The molecule has 3 N–H and O–H groups in total. The number of hydrogen-bond acceptors (Lipinski definition) is 7. The number of rotatable bonds is 12. The standard InChI is InChI=1S/C23H34N2O5S2/c1-4-30-22(29)18(12-11-17-9-6-5-7-10-17)24-16(2)20(26)25-19(21(27)28)15-23(3)31-13-8-14-32-23/h5-7,9-10,16,18-19,24H,4,8,11-15H2,1-3H3,(H,25,26)(H,27,28)/t16-,18?,19-/m0/s1. The van der Waals surface area contributed by atoms with Gasteiger partial charge in [0.2, 0.25) is 5.91 Å². The largest absolute Gasteiger partial charge is 0.480 e. The minimum atomic E-state index is -1.05. The molecular weight excluding hydrogens is 448 g/mol. The van der Waals surface area contributed by atoms with E-state index < -0.39 is 36.0 Å². The van der Waals surface area contributed by atoms with Crippen molar-refractivity contribution in [3.63, 3.8) is 0 Å². The van der Waals surface area contributed by atoms with Crippen LogP contribution >= 0.6 is 23.5 Å². The lowest BCUT2D eigenvalue weighted by Crippen LogP contribution is -2.54. The van der Waals surface area contributed by atoms with Crippen LogP contribution in [-0.2, 0) is 25.5 Å². The molecule has 0 radical (unpaired) electrons. The van der Waals surface area contributed by atoms with Gasteiger partial charge in [-0.05, 0) is 57.1 Å². The highest BCUT2D eigenvalue weighted by Crippen LogP contribution is 2.44. The molecule has 1 unspecified atom stereocenters. The summed E-state index contributed by atoms with van der Waals surface area (Å²) in [6, 6.07) is 7.37. The highest BCUT2D eigenvalue weighted by Gasteiger charge is 2.36. The molecule has 0 saturated carbocycles. The molecule has 7 nitrogen and oxygen atoms in total. The van der Waals surface area contributed by atoms with E-state index in [-0.39, 0.29) is 10.7 Å². The second-order valence-electron chi connectivity index (χ2n) is 8.01. The van der Waals surface area contributed by atoms with Crippen molar-refractivity contribution in [3.8, 4) is 0 Å². The van der Waals surface area contributed by atoms with Gasteiger partial charge in [0.25, 0.3) is 0 Å². The number of esters is 1. The SMILES string of the molecule is CCOC(=O)C(CCc1ccccc1)N[C@@H](C)C(=O)N[C@@H](CC1(C)SCCCS1)C(=O)O. The topological polar surface area (TPSA) is 105 Å². The number of benzene rings is 1. The van der Waals surface area contributed by atoms with Gasteiger partial charge in [-0.25, -0.2) is 4.79 Å². The van der Waals surface area contributed by atoms with Crippen molar-refractivity contribution in [1.29, 1.82) is 0 Å². The molecule has 1 aliphatic heterocycles. The van der Waals surface area contributed by atoms with Gasteiger partial charge in [0, 0.05) is 6.42 Å². The Morgan fingerprint density at radius 3 is 2.41 bits per heavy atom. The minimum Gasteiger partial charge on any atom is -0.480 e. The number of carboxylic acids is 1. The Balaban J connectivity index is 1.98. The smallest absolute Gasteiger partial charge is 0.326 e. The fourth-order valence-corrected chi connectivity index (χ4v) is 6.53. The van der Waals surface area contributed by atoms with Gasteiger partial charge in [-0.1, -0.05) is 30.3 Å². The summed E-state index contributed by atoms with van der Waals surface area (Å²) in [6.07, 6.45) is 2.56. The molecule has 178 valence electrons. The molecule has 0 aliphatic carbocycles. The second-order valence-corrected chi connectivity index (χ2v) is 11.5. The molecule has 0 aromatic heterocycles. The van der Waals surface area contributed by atoms with Crippen LogP contribution in [0.2, 0.25) is 0 Å². The van der Waals surface area contributed by atoms with E-state index in [2.05, 4.69) is 10.6 Å². The molecule has 32 heavy (non-hydrogen) atoms. The number of carbonyl (C=O) groups is 3. The lowest BCUT2D eigenvalue weighted by molar-refractivity contribution is -0.147. The van der Waals surface area contributed by atoms with E-state index in [0.29, 0.717) is 19.3 Å². The van der Waals surface area contributed by atoms with Crippen LogP contribution in [0.15, 0.2) is 30.3 Å². The molecular formula is C23H34N2O5S2. The molecule has 1 fully saturated rings. The van der Waals surface area contributed by atoms with E-state index in [9.17, 15) is 19.5 Å². The highest BCUT2D eigenvalue weighted by molar-refractivity contribution is 8.18. The van der Waals surface area contributed by atoms with Gasteiger partial charge in [0.1, 0.15) is 12.1 Å². The van der Waals surface area contributed by atoms with Crippen LogP contribution in [0.5, 0.6) is 0 Å². The molecule has 1 saturated heterocycles. The first kappa shape index (κ1) is 26.5. The highest BCUT2D eigenvalue weighted by atomic mass is 32.2. The molecule has 0 spiro atoms. The van der Waals surface area contributed by atoms with E-state index >= 15 is 0 Å². The summed E-state index contributed by atoms with van der Waals surface area (Å²) in [5.74, 6) is 0.0696. The molecule has 2 rings (SSSR count). The number of thioether (sulfide) groups is 2. The summed E-state index contributed by atoms with van der Waals surface area (Å²) in [7, 11) is 0. The first-order valence-corrected chi connectivity index (χ1v) is 13.0. The normalized spacial score (nSPS) is 18.2. The Kier molecular flexibility index (Phi) is 10.9. The van der Waals surface area contributed by atoms with Crippen molar-refractivity contribution in [2.24, 2.45) is 0 Å². The molecule has 1 heterocycles. The van der Waals surface area contributed by atoms with Crippen LogP contribution in [0.3, 0.4) is 0 Å². The van der Waals surface area contributed by atoms with Crippen LogP contribution in [0, 0.1) is 0 Å². The van der Waals surface area contributed by atoms with Gasteiger partial charge < -0.3 is 15.2 Å². The number of nitrogens with one attached hydrogen (secondary N) is 2. The summed E-state index contributed by atoms with van der Waals surface area (Å²) in [5.41, 5.74) is 1.09. The first-order valence-electron chi connectivity index (χ1n) is 11.0. The third kappa shape index (κ3) is 8.67. The van der Waals surface area contributed by atoms with Crippen molar-refractivity contribution in [2.75, 3.05) is 18.1 Å². The molecule has 3 atom stereocenters. The minimum absolute atomic E-state index is 0.242. The average molecular weight is 483 g/mol. The third-order valence-electron chi connectivity index (χ3n) is 5.27. The second kappa shape index (κ2) is 13.1. The van der Waals surface area contributed by atoms with Crippen LogP contribution in [0.1, 0.15) is 45.6 Å². The van der Waals surface area contributed by atoms with Crippen LogP contribution in [0.4, 0.5) is 0 Å². The van der Waals surface area contributed by atoms with Crippen molar-refractivity contribution in [1.82, 2.24) is 10.6 Å². The lowest BCUT2D eigenvalue weighted by atomic mass is 10.0. The Morgan fingerprint density at radius 2 is 1.81 bits per heavy atom. The van der Waals surface area contributed by atoms with E-state index in [1.165, 1.54) is 0 Å². The zero-order valence-electron chi connectivity index (χ0n) is 19.0. The quantitative estimate of drug-likeness (QED) is 0.391. The van der Waals surface area contributed by atoms with E-state index in [0.717, 1.165) is 23.5 Å². The number of aliphatic carboxylic acids is 1. The Morgan fingerprint density at radius 1 is 1.16 bits per heavy atom. The number of amides is 1. The summed E-state index contributed by atoms with van der Waals surface area (Å²) >= 11 is 3.49. The lowest BCUT2D eigenvalue weighted by Gasteiger charge is -2.34. The Bertz CT molecular complexity index is 756. The predicted octanol–water partition coefficient (Wildman–Crippen LogP) is 3.07. The fraction of sp³-hybridized carbons (Fsp3) is 0.609. The van der Waals surface area contributed by atoms with Crippen molar-refractivity contribution >= 4 is 41.4 Å². The van der Waals surface area contributed by atoms with Crippen molar-refractivity contribution in [2.45, 2.75) is 68.7 Å². The average Bonchev–Trinajstić information content (AvgIpc) is 2.77. The van der Waals surface area contributed by atoms with Gasteiger partial charge >= 0.3 is 11.9 Å². The van der Waals surface area contributed by atoms with E-state index in [1.54, 1.807) is 37.4 Å². The summed E-state index contributed by atoms with van der Waals surface area (Å²) in [4.78, 5) is 37.1. The summed E-state index contributed by atoms with van der Waals surface area (Å²) < 4.78 is 4.93. The van der Waals surface area contributed by atoms with Crippen molar-refractivity contribution < 1.29 is 24.2 Å². The number of carboxylic acid groups (broad SMARTS) is 1. The van der Waals surface area contributed by atoms with Gasteiger partial charge in [0.15, 0.2) is 0 Å². The van der Waals surface area contributed by atoms with E-state index in [1.807, 2.05) is 37.3 Å².